The zero-order valence-corrected chi connectivity index (χ0v) is 13.1. The van der Waals surface area contributed by atoms with Gasteiger partial charge in [-0.15, -0.1) is 0 Å². The van der Waals surface area contributed by atoms with Gasteiger partial charge in [0.15, 0.2) is 11.6 Å². The Morgan fingerprint density at radius 3 is 2.80 bits per heavy atom. The fraction of sp³-hybridized carbons (Fsp3) is 0.143. The van der Waals surface area contributed by atoms with Gasteiger partial charge < -0.3 is 15.8 Å². The molecule has 0 heterocycles. The van der Waals surface area contributed by atoms with Crippen LogP contribution in [-0.4, -0.2) is 6.61 Å². The minimum Gasteiger partial charge on any atom is -0.491 e. The Balaban J connectivity index is 2.38. The number of hydrogen-bond acceptors (Lipinski definition) is 3. The van der Waals surface area contributed by atoms with Gasteiger partial charge in [0, 0.05) is 12.1 Å². The van der Waals surface area contributed by atoms with Crippen LogP contribution >= 0.6 is 27.5 Å². The molecule has 0 atom stereocenters. The average molecular weight is 360 g/mol. The van der Waals surface area contributed by atoms with Gasteiger partial charge in [-0.05, 0) is 35.0 Å². The molecule has 2 aromatic carbocycles. The van der Waals surface area contributed by atoms with Crippen molar-refractivity contribution in [2.75, 3.05) is 17.7 Å². The molecule has 2 aromatic rings. The number of ether oxygens (including phenoxy) is 1. The van der Waals surface area contributed by atoms with Crippen molar-refractivity contribution in [1.82, 2.24) is 0 Å². The maximum absolute atomic E-state index is 13.6. The summed E-state index contributed by atoms with van der Waals surface area (Å²) in [5.41, 5.74) is 7.39. The maximum Gasteiger partial charge on any atom is 0.167 e. The van der Waals surface area contributed by atoms with Crippen molar-refractivity contribution in [1.29, 1.82) is 0 Å². The Bertz CT molecular complexity index is 637. The van der Waals surface area contributed by atoms with Crippen LogP contribution in [0.15, 0.2) is 34.8 Å². The smallest absolute Gasteiger partial charge is 0.167 e. The largest absolute Gasteiger partial charge is 0.491 e. The molecular weight excluding hydrogens is 347 g/mol. The van der Waals surface area contributed by atoms with E-state index in [0.29, 0.717) is 21.8 Å². The SMILES string of the molecule is CCOc1cc(Nc2cccc(Cl)c2Br)c(N)cc1F. The Labute approximate surface area is 130 Å². The number of nitrogens with one attached hydrogen (secondary N) is 1. The van der Waals surface area contributed by atoms with Crippen LogP contribution in [-0.2, 0) is 0 Å². The van der Waals surface area contributed by atoms with Crippen molar-refractivity contribution in [3.63, 3.8) is 0 Å². The van der Waals surface area contributed by atoms with Gasteiger partial charge in [-0.25, -0.2) is 4.39 Å². The predicted octanol–water partition coefficient (Wildman–Crippen LogP) is 4.97. The molecule has 0 radical (unpaired) electrons. The van der Waals surface area contributed by atoms with Gasteiger partial charge in [0.2, 0.25) is 0 Å². The van der Waals surface area contributed by atoms with E-state index in [1.54, 1.807) is 19.1 Å². The summed E-state index contributed by atoms with van der Waals surface area (Å²) in [6.07, 6.45) is 0. The van der Waals surface area contributed by atoms with E-state index < -0.39 is 5.82 Å². The van der Waals surface area contributed by atoms with Crippen LogP contribution in [0.5, 0.6) is 5.75 Å². The summed E-state index contributed by atoms with van der Waals surface area (Å²) in [5, 5.41) is 3.67. The first kappa shape index (κ1) is 14.9. The molecule has 0 fully saturated rings. The van der Waals surface area contributed by atoms with E-state index in [4.69, 9.17) is 22.1 Å². The molecule has 0 saturated heterocycles. The van der Waals surface area contributed by atoms with Crippen molar-refractivity contribution in [3.8, 4) is 5.75 Å². The van der Waals surface area contributed by atoms with Crippen LogP contribution in [0.2, 0.25) is 5.02 Å². The zero-order valence-electron chi connectivity index (χ0n) is 10.7. The van der Waals surface area contributed by atoms with Crippen LogP contribution in [0.1, 0.15) is 6.92 Å². The highest BCUT2D eigenvalue weighted by Crippen LogP contribution is 2.35. The van der Waals surface area contributed by atoms with Crippen LogP contribution < -0.4 is 15.8 Å². The molecule has 0 aliphatic rings. The van der Waals surface area contributed by atoms with Crippen molar-refractivity contribution in [2.24, 2.45) is 0 Å². The lowest BCUT2D eigenvalue weighted by Crippen LogP contribution is -2.01. The number of hydrogen-bond donors (Lipinski definition) is 2. The van der Waals surface area contributed by atoms with Gasteiger partial charge in [-0.2, -0.15) is 0 Å². The molecular formula is C14H13BrClFN2O. The fourth-order valence-electron chi connectivity index (χ4n) is 1.69. The molecule has 3 N–H and O–H groups in total. The predicted molar refractivity (Wildman–Crippen MR) is 84.4 cm³/mol. The van der Waals surface area contributed by atoms with Crippen molar-refractivity contribution in [2.45, 2.75) is 6.92 Å². The lowest BCUT2D eigenvalue weighted by Gasteiger charge is -2.14. The molecule has 3 nitrogen and oxygen atoms in total. The molecule has 0 saturated carbocycles. The highest BCUT2D eigenvalue weighted by atomic mass is 79.9. The van der Waals surface area contributed by atoms with Crippen LogP contribution in [0.4, 0.5) is 21.5 Å². The molecule has 0 bridgehead atoms. The second kappa shape index (κ2) is 6.33. The number of nitrogen functional groups attached to an aromatic ring is 1. The van der Waals surface area contributed by atoms with Gasteiger partial charge in [0.05, 0.1) is 33.2 Å². The van der Waals surface area contributed by atoms with Gasteiger partial charge in [0.1, 0.15) is 0 Å². The third-order valence-corrected chi connectivity index (χ3v) is 4.02. The number of nitrogens with two attached hydrogens (primary N) is 1. The molecule has 0 unspecified atom stereocenters. The Hall–Kier alpha value is -1.46. The molecule has 106 valence electrons. The first-order chi connectivity index (χ1) is 9.52. The molecule has 2 rings (SSSR count). The number of anilines is 3. The van der Waals surface area contributed by atoms with Crippen molar-refractivity contribution < 1.29 is 9.13 Å². The molecule has 0 aromatic heterocycles. The van der Waals surface area contributed by atoms with E-state index in [2.05, 4.69) is 21.2 Å². The summed E-state index contributed by atoms with van der Waals surface area (Å²) in [5.74, 6) is -0.331. The van der Waals surface area contributed by atoms with Gasteiger partial charge >= 0.3 is 0 Å². The second-order valence-electron chi connectivity index (χ2n) is 4.03. The molecule has 6 heteroatoms. The highest BCUT2D eigenvalue weighted by molar-refractivity contribution is 9.10. The monoisotopic (exact) mass is 358 g/mol. The normalized spacial score (nSPS) is 10.4. The van der Waals surface area contributed by atoms with E-state index in [1.807, 2.05) is 6.07 Å². The Morgan fingerprint density at radius 1 is 1.35 bits per heavy atom. The molecule has 20 heavy (non-hydrogen) atoms. The van der Waals surface area contributed by atoms with E-state index in [9.17, 15) is 4.39 Å². The first-order valence-electron chi connectivity index (χ1n) is 5.95. The van der Waals surface area contributed by atoms with Crippen LogP contribution in [0.25, 0.3) is 0 Å². The number of benzene rings is 2. The lowest BCUT2D eigenvalue weighted by atomic mass is 10.2. The van der Waals surface area contributed by atoms with Crippen LogP contribution in [0, 0.1) is 5.82 Å². The average Bonchev–Trinajstić information content (AvgIpc) is 2.40. The summed E-state index contributed by atoms with van der Waals surface area (Å²) in [4.78, 5) is 0. The topological polar surface area (TPSA) is 47.3 Å². The van der Waals surface area contributed by atoms with Crippen molar-refractivity contribution in [3.05, 3.63) is 45.6 Å². The Morgan fingerprint density at radius 2 is 2.10 bits per heavy atom. The minimum atomic E-state index is -0.486. The van der Waals surface area contributed by atoms with E-state index in [0.717, 1.165) is 5.69 Å². The third kappa shape index (κ3) is 3.16. The molecule has 0 amide bonds. The fourth-order valence-corrected chi connectivity index (χ4v) is 2.23. The summed E-state index contributed by atoms with van der Waals surface area (Å²) in [7, 11) is 0. The summed E-state index contributed by atoms with van der Waals surface area (Å²) < 4.78 is 19.6. The minimum absolute atomic E-state index is 0.155. The highest BCUT2D eigenvalue weighted by Gasteiger charge is 2.11. The van der Waals surface area contributed by atoms with E-state index >= 15 is 0 Å². The maximum atomic E-state index is 13.6. The summed E-state index contributed by atoms with van der Waals surface area (Å²) in [6, 6.07) is 8.15. The van der Waals surface area contributed by atoms with E-state index in [1.165, 1.54) is 12.1 Å². The number of rotatable bonds is 4. The molecule has 0 spiro atoms. The van der Waals surface area contributed by atoms with Gasteiger partial charge in [0.25, 0.3) is 0 Å². The summed E-state index contributed by atoms with van der Waals surface area (Å²) >= 11 is 9.41. The van der Waals surface area contributed by atoms with Gasteiger partial charge in [-0.3, -0.25) is 0 Å². The standard InChI is InChI=1S/C14H13BrClFN2O/c1-2-20-13-7-12(10(18)6-9(13)17)19-11-5-3-4-8(16)14(11)15/h3-7,19H,2,18H2,1H3. The summed E-state index contributed by atoms with van der Waals surface area (Å²) in [6.45, 7) is 2.16. The van der Waals surface area contributed by atoms with Crippen LogP contribution in [0.3, 0.4) is 0 Å². The molecule has 0 aliphatic heterocycles. The van der Waals surface area contributed by atoms with E-state index in [-0.39, 0.29) is 11.4 Å². The Kier molecular flexibility index (Phi) is 4.73. The lowest BCUT2D eigenvalue weighted by molar-refractivity contribution is 0.322. The first-order valence-corrected chi connectivity index (χ1v) is 7.13. The van der Waals surface area contributed by atoms with Gasteiger partial charge in [-0.1, -0.05) is 17.7 Å². The zero-order chi connectivity index (χ0) is 14.7. The number of halogens is 3. The quantitative estimate of drug-likeness (QED) is 0.758. The second-order valence-corrected chi connectivity index (χ2v) is 5.23. The van der Waals surface area contributed by atoms with Crippen molar-refractivity contribution >= 4 is 44.6 Å². The molecule has 0 aliphatic carbocycles. The third-order valence-electron chi connectivity index (χ3n) is 2.62.